The minimum Gasteiger partial charge on any atom is -0.310 e. The maximum atomic E-state index is 12.3. The van der Waals surface area contributed by atoms with Crippen LogP contribution in [0.25, 0.3) is 11.3 Å². The van der Waals surface area contributed by atoms with E-state index in [1.54, 1.807) is 18.3 Å². The average molecular weight is 297 g/mol. The highest BCUT2D eigenvalue weighted by Crippen LogP contribution is 2.28. The van der Waals surface area contributed by atoms with Crippen molar-refractivity contribution < 1.29 is 8.78 Å². The van der Waals surface area contributed by atoms with Crippen LogP contribution in [0.15, 0.2) is 35.4 Å². The molecule has 0 radical (unpaired) electrons. The van der Waals surface area contributed by atoms with Crippen molar-refractivity contribution in [2.45, 2.75) is 37.1 Å². The normalized spacial score (nSPS) is 11.5. The first-order valence-corrected chi connectivity index (χ1v) is 7.25. The lowest BCUT2D eigenvalue weighted by Crippen LogP contribution is -2.21. The first kappa shape index (κ1) is 15.0. The molecule has 20 heavy (non-hydrogen) atoms. The highest BCUT2D eigenvalue weighted by Gasteiger charge is 2.09. The summed E-state index contributed by atoms with van der Waals surface area (Å²) in [6.45, 7) is 4.88. The van der Waals surface area contributed by atoms with Crippen LogP contribution in [0, 0.1) is 0 Å². The molecule has 0 saturated heterocycles. The first-order chi connectivity index (χ1) is 9.56. The van der Waals surface area contributed by atoms with Gasteiger partial charge >= 0.3 is 0 Å². The Morgan fingerprint density at radius 3 is 2.55 bits per heavy atom. The van der Waals surface area contributed by atoms with E-state index in [-0.39, 0.29) is 0 Å². The highest BCUT2D eigenvalue weighted by atomic mass is 32.2. The van der Waals surface area contributed by atoms with Gasteiger partial charge in [-0.05, 0) is 17.7 Å². The molecule has 0 aliphatic heterocycles. The summed E-state index contributed by atoms with van der Waals surface area (Å²) in [6.07, 6.45) is 1.78. The monoisotopic (exact) mass is 297 g/mol. The zero-order valence-corrected chi connectivity index (χ0v) is 12.2. The summed E-state index contributed by atoms with van der Waals surface area (Å²) in [4.78, 5) is 0.560. The molecule has 2 aromatic rings. The van der Waals surface area contributed by atoms with Gasteiger partial charge < -0.3 is 5.32 Å². The summed E-state index contributed by atoms with van der Waals surface area (Å²) in [5.41, 5.74) is 2.93. The fourth-order valence-electron chi connectivity index (χ4n) is 1.81. The minimum atomic E-state index is -2.39. The molecule has 6 heteroatoms. The fourth-order valence-corrected chi connectivity index (χ4v) is 2.31. The third-order valence-electron chi connectivity index (χ3n) is 2.79. The van der Waals surface area contributed by atoms with Crippen molar-refractivity contribution in [3.8, 4) is 11.3 Å². The van der Waals surface area contributed by atoms with Crippen LogP contribution in [0.4, 0.5) is 8.78 Å². The van der Waals surface area contributed by atoms with Gasteiger partial charge in [0.05, 0.1) is 11.9 Å². The molecule has 0 aliphatic carbocycles. The molecule has 1 heterocycles. The molecule has 0 aliphatic rings. The predicted octanol–water partition coefficient (Wildman–Crippen LogP) is 3.89. The molecule has 3 nitrogen and oxygen atoms in total. The summed E-state index contributed by atoms with van der Waals surface area (Å²) in [5.74, 6) is -2.39. The lowest BCUT2D eigenvalue weighted by atomic mass is 10.1. The third-order valence-corrected chi connectivity index (χ3v) is 3.51. The second-order valence-electron chi connectivity index (χ2n) is 4.71. The SMILES string of the molecule is CC(C)NCc1cn[nH]c1-c1ccc(SC(F)F)cc1. The number of nitrogens with zero attached hydrogens (tertiary/aromatic N) is 1. The van der Waals surface area contributed by atoms with E-state index in [1.165, 1.54) is 0 Å². The first-order valence-electron chi connectivity index (χ1n) is 6.37. The second kappa shape index (κ2) is 6.85. The summed E-state index contributed by atoms with van der Waals surface area (Å²) in [5, 5.41) is 10.4. The lowest BCUT2D eigenvalue weighted by molar-refractivity contribution is 0.252. The molecule has 0 bridgehead atoms. The number of alkyl halides is 2. The van der Waals surface area contributed by atoms with Gasteiger partial charge in [-0.25, -0.2) is 0 Å². The topological polar surface area (TPSA) is 40.7 Å². The number of thioether (sulfide) groups is 1. The van der Waals surface area contributed by atoms with E-state index in [0.29, 0.717) is 22.7 Å². The number of nitrogens with one attached hydrogen (secondary N) is 2. The minimum absolute atomic E-state index is 0.391. The Balaban J connectivity index is 2.13. The zero-order chi connectivity index (χ0) is 14.5. The Morgan fingerprint density at radius 1 is 1.25 bits per heavy atom. The van der Waals surface area contributed by atoms with Gasteiger partial charge in [-0.2, -0.15) is 13.9 Å². The molecule has 2 rings (SSSR count). The molecule has 0 fully saturated rings. The molecular formula is C14H17F2N3S. The smallest absolute Gasteiger partial charge is 0.288 e. The van der Waals surface area contributed by atoms with Crippen molar-refractivity contribution in [2.75, 3.05) is 0 Å². The van der Waals surface area contributed by atoms with Crippen LogP contribution in [0.1, 0.15) is 19.4 Å². The Kier molecular flexibility index (Phi) is 5.14. The van der Waals surface area contributed by atoms with Crippen LogP contribution in [-0.2, 0) is 6.54 Å². The van der Waals surface area contributed by atoms with Crippen molar-refractivity contribution in [3.63, 3.8) is 0 Å². The summed E-state index contributed by atoms with van der Waals surface area (Å²) >= 11 is 0.551. The van der Waals surface area contributed by atoms with Crippen LogP contribution in [0.5, 0.6) is 0 Å². The Morgan fingerprint density at radius 2 is 1.95 bits per heavy atom. The summed E-state index contributed by atoms with van der Waals surface area (Å²) in [6, 6.07) is 7.45. The van der Waals surface area contributed by atoms with Crippen LogP contribution in [0.3, 0.4) is 0 Å². The predicted molar refractivity (Wildman–Crippen MR) is 77.9 cm³/mol. The standard InChI is InChI=1S/C14H17F2N3S/c1-9(2)17-7-11-8-18-19-13(11)10-3-5-12(6-4-10)20-14(15)16/h3-6,8-9,14,17H,7H2,1-2H3,(H,18,19). The second-order valence-corrected chi connectivity index (χ2v) is 5.77. The molecule has 0 unspecified atom stereocenters. The van der Waals surface area contributed by atoms with Crippen molar-refractivity contribution in [2.24, 2.45) is 0 Å². The molecule has 0 saturated carbocycles. The van der Waals surface area contributed by atoms with Gasteiger partial charge in [0.25, 0.3) is 5.76 Å². The number of halogens is 2. The van der Waals surface area contributed by atoms with Crippen LogP contribution in [0.2, 0.25) is 0 Å². The van der Waals surface area contributed by atoms with Crippen LogP contribution in [-0.4, -0.2) is 22.0 Å². The number of rotatable bonds is 6. The molecule has 1 aromatic carbocycles. The number of benzene rings is 1. The van der Waals surface area contributed by atoms with Gasteiger partial charge in [0.15, 0.2) is 0 Å². The maximum absolute atomic E-state index is 12.3. The van der Waals surface area contributed by atoms with E-state index in [0.717, 1.165) is 23.4 Å². The van der Waals surface area contributed by atoms with Gasteiger partial charge in [0, 0.05) is 23.0 Å². The van der Waals surface area contributed by atoms with E-state index < -0.39 is 5.76 Å². The van der Waals surface area contributed by atoms with E-state index in [9.17, 15) is 8.78 Å². The van der Waals surface area contributed by atoms with Crippen LogP contribution < -0.4 is 5.32 Å². The van der Waals surface area contributed by atoms with Crippen molar-refractivity contribution in [3.05, 3.63) is 36.0 Å². The molecule has 2 N–H and O–H groups in total. The number of hydrogen-bond donors (Lipinski definition) is 2. The molecule has 0 spiro atoms. The van der Waals surface area contributed by atoms with Gasteiger partial charge in [0.2, 0.25) is 0 Å². The number of aromatic nitrogens is 2. The van der Waals surface area contributed by atoms with E-state index >= 15 is 0 Å². The molecular weight excluding hydrogens is 280 g/mol. The van der Waals surface area contributed by atoms with Crippen LogP contribution >= 0.6 is 11.8 Å². The van der Waals surface area contributed by atoms with E-state index in [1.807, 2.05) is 12.1 Å². The quantitative estimate of drug-likeness (QED) is 0.795. The number of hydrogen-bond acceptors (Lipinski definition) is 3. The largest absolute Gasteiger partial charge is 0.310 e. The third kappa shape index (κ3) is 4.05. The van der Waals surface area contributed by atoms with Gasteiger partial charge in [0.1, 0.15) is 0 Å². The highest BCUT2D eigenvalue weighted by molar-refractivity contribution is 7.99. The van der Waals surface area contributed by atoms with Crippen molar-refractivity contribution >= 4 is 11.8 Å². The van der Waals surface area contributed by atoms with Gasteiger partial charge in [-0.15, -0.1) is 0 Å². The Hall–Kier alpha value is -1.40. The Bertz CT molecular complexity index is 538. The van der Waals surface area contributed by atoms with Gasteiger partial charge in [-0.3, -0.25) is 5.10 Å². The summed E-state index contributed by atoms with van der Waals surface area (Å²) in [7, 11) is 0. The van der Waals surface area contributed by atoms with E-state index in [4.69, 9.17) is 0 Å². The average Bonchev–Trinajstić information content (AvgIpc) is 2.85. The Labute approximate surface area is 121 Å². The number of aromatic amines is 1. The fraction of sp³-hybridized carbons (Fsp3) is 0.357. The van der Waals surface area contributed by atoms with Crippen molar-refractivity contribution in [1.29, 1.82) is 0 Å². The zero-order valence-electron chi connectivity index (χ0n) is 11.4. The lowest BCUT2D eigenvalue weighted by Gasteiger charge is -2.08. The van der Waals surface area contributed by atoms with Gasteiger partial charge in [-0.1, -0.05) is 37.7 Å². The number of H-pyrrole nitrogens is 1. The van der Waals surface area contributed by atoms with Crippen molar-refractivity contribution in [1.82, 2.24) is 15.5 Å². The van der Waals surface area contributed by atoms with E-state index in [2.05, 4.69) is 29.4 Å². The summed E-state index contributed by atoms with van der Waals surface area (Å²) < 4.78 is 24.5. The molecule has 108 valence electrons. The molecule has 0 amide bonds. The maximum Gasteiger partial charge on any atom is 0.288 e. The molecule has 0 atom stereocenters. The molecule has 1 aromatic heterocycles.